The molecule has 0 aliphatic heterocycles. The van der Waals surface area contributed by atoms with Gasteiger partial charge in [-0.15, -0.1) is 0 Å². The van der Waals surface area contributed by atoms with E-state index in [-0.39, 0.29) is 4.90 Å². The lowest BCUT2D eigenvalue weighted by atomic mass is 10.1. The Hall–Kier alpha value is -1.27. The van der Waals surface area contributed by atoms with Gasteiger partial charge in [0.15, 0.2) is 0 Å². The van der Waals surface area contributed by atoms with Crippen molar-refractivity contribution in [3.8, 4) is 0 Å². The summed E-state index contributed by atoms with van der Waals surface area (Å²) in [4.78, 5) is 2.22. The van der Waals surface area contributed by atoms with E-state index in [4.69, 9.17) is 10.9 Å². The van der Waals surface area contributed by atoms with Crippen LogP contribution in [0.1, 0.15) is 26.3 Å². The van der Waals surface area contributed by atoms with E-state index < -0.39 is 10.0 Å². The smallest absolute Gasteiger partial charge is 0.238 e. The highest BCUT2D eigenvalue weighted by Gasteiger charge is 2.18. The highest BCUT2D eigenvalue weighted by atomic mass is 32.2. The van der Waals surface area contributed by atoms with Crippen LogP contribution in [0.15, 0.2) is 17.0 Å². The summed E-state index contributed by atoms with van der Waals surface area (Å²) in [6, 6.07) is 3.22. The zero-order valence-corrected chi connectivity index (χ0v) is 12.8. The van der Waals surface area contributed by atoms with Crippen LogP contribution in [0.25, 0.3) is 0 Å². The van der Waals surface area contributed by atoms with Crippen molar-refractivity contribution in [3.05, 3.63) is 17.7 Å². The first kappa shape index (κ1) is 15.8. The Morgan fingerprint density at radius 2 is 1.89 bits per heavy atom. The van der Waals surface area contributed by atoms with Crippen LogP contribution in [0.3, 0.4) is 0 Å². The third-order valence-electron chi connectivity index (χ3n) is 2.97. The van der Waals surface area contributed by atoms with Crippen LogP contribution >= 0.6 is 0 Å². The Bertz CT molecular complexity index is 553. The average Bonchev–Trinajstić information content (AvgIpc) is 2.27. The number of benzene rings is 1. The van der Waals surface area contributed by atoms with Crippen LogP contribution < -0.4 is 15.8 Å². The van der Waals surface area contributed by atoms with Gasteiger partial charge < -0.3 is 10.6 Å². The van der Waals surface area contributed by atoms with Crippen molar-refractivity contribution >= 4 is 21.4 Å². The van der Waals surface area contributed by atoms with Gasteiger partial charge in [0.2, 0.25) is 10.0 Å². The van der Waals surface area contributed by atoms with Gasteiger partial charge in [0.25, 0.3) is 0 Å². The molecule has 4 N–H and O–H groups in total. The Morgan fingerprint density at radius 3 is 2.32 bits per heavy atom. The van der Waals surface area contributed by atoms with Gasteiger partial charge in [0, 0.05) is 24.5 Å². The molecule has 0 saturated heterocycles. The molecule has 5 nitrogen and oxygen atoms in total. The predicted molar refractivity (Wildman–Crippen MR) is 79.7 cm³/mol. The van der Waals surface area contributed by atoms with Crippen molar-refractivity contribution in [2.45, 2.75) is 32.6 Å². The van der Waals surface area contributed by atoms with Crippen LogP contribution in [0.5, 0.6) is 0 Å². The fourth-order valence-corrected chi connectivity index (χ4v) is 2.99. The summed E-state index contributed by atoms with van der Waals surface area (Å²) < 4.78 is 23.2. The second-order valence-electron chi connectivity index (χ2n) is 5.14. The van der Waals surface area contributed by atoms with Crippen LogP contribution in [0.2, 0.25) is 0 Å². The second-order valence-corrected chi connectivity index (χ2v) is 6.67. The molecule has 0 unspecified atom stereocenters. The fourth-order valence-electron chi connectivity index (χ4n) is 2.16. The van der Waals surface area contributed by atoms with E-state index in [0.717, 1.165) is 18.8 Å². The molecule has 0 aliphatic rings. The highest BCUT2D eigenvalue weighted by Crippen LogP contribution is 2.29. The van der Waals surface area contributed by atoms with Gasteiger partial charge in [-0.3, -0.25) is 0 Å². The minimum atomic E-state index is -3.76. The highest BCUT2D eigenvalue weighted by molar-refractivity contribution is 7.89. The standard InChI is InChI=1S/C13H23N3O2S/c1-5-16(8-9(2)3)12-6-11(14)7-13(10(12)4)19(15,17)18/h6-7,9H,5,8,14H2,1-4H3,(H2,15,17,18). The maximum atomic E-state index is 11.6. The molecule has 0 radical (unpaired) electrons. The van der Waals surface area contributed by atoms with Crippen LogP contribution in [0.4, 0.5) is 11.4 Å². The summed E-state index contributed by atoms with van der Waals surface area (Å²) in [5, 5.41) is 5.24. The molecule has 108 valence electrons. The molecular formula is C13H23N3O2S. The molecule has 19 heavy (non-hydrogen) atoms. The van der Waals surface area contributed by atoms with E-state index in [9.17, 15) is 8.42 Å². The molecule has 1 aromatic rings. The van der Waals surface area contributed by atoms with E-state index in [2.05, 4.69) is 18.7 Å². The van der Waals surface area contributed by atoms with Crippen LogP contribution in [0, 0.1) is 12.8 Å². The van der Waals surface area contributed by atoms with Crippen molar-refractivity contribution in [1.82, 2.24) is 0 Å². The number of nitrogens with two attached hydrogens (primary N) is 2. The van der Waals surface area contributed by atoms with E-state index in [1.54, 1.807) is 13.0 Å². The molecule has 0 amide bonds. The van der Waals surface area contributed by atoms with Gasteiger partial charge in [0.05, 0.1) is 4.90 Å². The lowest BCUT2D eigenvalue weighted by Crippen LogP contribution is -2.28. The number of primary sulfonamides is 1. The average molecular weight is 285 g/mol. The van der Waals surface area contributed by atoms with E-state index in [0.29, 0.717) is 17.2 Å². The van der Waals surface area contributed by atoms with Gasteiger partial charge in [-0.25, -0.2) is 13.6 Å². The van der Waals surface area contributed by atoms with Crippen LogP contribution in [-0.2, 0) is 10.0 Å². The quantitative estimate of drug-likeness (QED) is 0.806. The topological polar surface area (TPSA) is 89.4 Å². The lowest BCUT2D eigenvalue weighted by Gasteiger charge is -2.28. The van der Waals surface area contributed by atoms with Crippen molar-refractivity contribution < 1.29 is 8.42 Å². The molecule has 1 aromatic carbocycles. The second kappa shape index (κ2) is 5.79. The van der Waals surface area contributed by atoms with Crippen molar-refractivity contribution in [1.29, 1.82) is 0 Å². The predicted octanol–water partition coefficient (Wildman–Crippen LogP) is 1.71. The summed E-state index contributed by atoms with van der Waals surface area (Å²) in [6.45, 7) is 9.65. The van der Waals surface area contributed by atoms with Gasteiger partial charge in [-0.1, -0.05) is 13.8 Å². The minimum absolute atomic E-state index is 0.102. The zero-order valence-electron chi connectivity index (χ0n) is 12.0. The largest absolute Gasteiger partial charge is 0.399 e. The summed E-state index contributed by atoms with van der Waals surface area (Å²) in [7, 11) is -3.76. The van der Waals surface area contributed by atoms with E-state index >= 15 is 0 Å². The number of sulfonamides is 1. The Morgan fingerprint density at radius 1 is 1.32 bits per heavy atom. The number of anilines is 2. The molecule has 0 aliphatic carbocycles. The maximum absolute atomic E-state index is 11.6. The normalized spacial score (nSPS) is 11.9. The molecule has 0 heterocycles. The van der Waals surface area contributed by atoms with Crippen LogP contribution in [-0.4, -0.2) is 21.5 Å². The minimum Gasteiger partial charge on any atom is -0.399 e. The number of hydrogen-bond acceptors (Lipinski definition) is 4. The summed E-state index contributed by atoms with van der Waals surface area (Å²) in [6.07, 6.45) is 0. The van der Waals surface area contributed by atoms with Crippen molar-refractivity contribution in [3.63, 3.8) is 0 Å². The van der Waals surface area contributed by atoms with E-state index in [1.165, 1.54) is 6.07 Å². The molecule has 0 spiro atoms. The molecule has 6 heteroatoms. The Labute approximate surface area is 115 Å². The monoisotopic (exact) mass is 285 g/mol. The number of hydrogen-bond donors (Lipinski definition) is 2. The fraction of sp³-hybridized carbons (Fsp3) is 0.538. The van der Waals surface area contributed by atoms with Crippen molar-refractivity contribution in [2.75, 3.05) is 23.7 Å². The summed E-state index contributed by atoms with van der Waals surface area (Å²) in [5.74, 6) is 0.471. The number of nitrogens with zero attached hydrogens (tertiary/aromatic N) is 1. The van der Waals surface area contributed by atoms with Gasteiger partial charge in [0.1, 0.15) is 0 Å². The molecule has 0 fully saturated rings. The third-order valence-corrected chi connectivity index (χ3v) is 4.01. The number of nitrogen functional groups attached to an aromatic ring is 1. The molecule has 1 rings (SSSR count). The SMILES string of the molecule is CCN(CC(C)C)c1cc(N)cc(S(N)(=O)=O)c1C. The molecular weight excluding hydrogens is 262 g/mol. The lowest BCUT2D eigenvalue weighted by molar-refractivity contribution is 0.596. The maximum Gasteiger partial charge on any atom is 0.238 e. The third kappa shape index (κ3) is 3.84. The first-order valence-electron chi connectivity index (χ1n) is 6.34. The summed E-state index contributed by atoms with van der Waals surface area (Å²) >= 11 is 0. The van der Waals surface area contributed by atoms with E-state index in [1.807, 2.05) is 6.92 Å². The van der Waals surface area contributed by atoms with Gasteiger partial charge in [-0.2, -0.15) is 0 Å². The first-order valence-corrected chi connectivity index (χ1v) is 7.89. The van der Waals surface area contributed by atoms with Gasteiger partial charge >= 0.3 is 0 Å². The van der Waals surface area contributed by atoms with Gasteiger partial charge in [-0.05, 0) is 37.5 Å². The molecule has 0 bridgehead atoms. The molecule has 0 saturated carbocycles. The van der Waals surface area contributed by atoms with Crippen molar-refractivity contribution in [2.24, 2.45) is 11.1 Å². The zero-order chi connectivity index (χ0) is 14.8. The Kier molecular flexibility index (Phi) is 4.81. The molecule has 0 atom stereocenters. The Balaban J connectivity index is 3.39. The summed E-state index contributed by atoms with van der Waals surface area (Å²) in [5.41, 5.74) is 7.70. The number of rotatable bonds is 5. The first-order chi connectivity index (χ1) is 8.66. The molecule has 0 aromatic heterocycles.